The fourth-order valence-corrected chi connectivity index (χ4v) is 1.91. The van der Waals surface area contributed by atoms with E-state index in [1.807, 2.05) is 0 Å². The van der Waals surface area contributed by atoms with E-state index in [9.17, 15) is 8.78 Å². The maximum Gasteiger partial charge on any atom is 0.151 e. The smallest absolute Gasteiger partial charge is 0.151 e. The molecule has 0 radical (unpaired) electrons. The zero-order valence-electron chi connectivity index (χ0n) is 8.98. The molecular formula is C12H8BrClF2N2. The Kier molecular flexibility index (Phi) is 3.73. The van der Waals surface area contributed by atoms with Gasteiger partial charge in [0.1, 0.15) is 5.82 Å². The van der Waals surface area contributed by atoms with Crippen molar-refractivity contribution in [1.82, 2.24) is 0 Å². The molecule has 2 rings (SSSR count). The van der Waals surface area contributed by atoms with E-state index in [4.69, 9.17) is 17.3 Å². The van der Waals surface area contributed by atoms with Crippen LogP contribution in [0.5, 0.6) is 0 Å². The SMILES string of the molecule is Nc1c(F)cc(F)cc1Nc1ccc(Cl)c(Br)c1. The maximum absolute atomic E-state index is 13.3. The molecule has 0 heterocycles. The Balaban J connectivity index is 2.36. The number of nitrogens with two attached hydrogens (primary N) is 1. The van der Waals surface area contributed by atoms with Gasteiger partial charge in [0, 0.05) is 16.2 Å². The Morgan fingerprint density at radius 2 is 1.89 bits per heavy atom. The minimum Gasteiger partial charge on any atom is -0.395 e. The van der Waals surface area contributed by atoms with Gasteiger partial charge in [0.05, 0.1) is 16.4 Å². The summed E-state index contributed by atoms with van der Waals surface area (Å²) < 4.78 is 27.0. The number of halogens is 4. The number of hydrogen-bond acceptors (Lipinski definition) is 2. The highest BCUT2D eigenvalue weighted by molar-refractivity contribution is 9.10. The predicted molar refractivity (Wildman–Crippen MR) is 73.2 cm³/mol. The van der Waals surface area contributed by atoms with Gasteiger partial charge in [-0.15, -0.1) is 0 Å². The van der Waals surface area contributed by atoms with Gasteiger partial charge in [-0.25, -0.2) is 8.78 Å². The van der Waals surface area contributed by atoms with Gasteiger partial charge in [0.2, 0.25) is 0 Å². The average molecular weight is 334 g/mol. The third-order valence-electron chi connectivity index (χ3n) is 2.29. The second-order valence-corrected chi connectivity index (χ2v) is 4.86. The molecule has 0 aliphatic carbocycles. The molecule has 0 saturated heterocycles. The van der Waals surface area contributed by atoms with Crippen molar-refractivity contribution in [3.63, 3.8) is 0 Å². The minimum absolute atomic E-state index is 0.137. The first-order valence-corrected chi connectivity index (χ1v) is 6.11. The van der Waals surface area contributed by atoms with Crippen LogP contribution in [0.1, 0.15) is 0 Å². The highest BCUT2D eigenvalue weighted by atomic mass is 79.9. The zero-order chi connectivity index (χ0) is 13.3. The lowest BCUT2D eigenvalue weighted by Gasteiger charge is -2.11. The van der Waals surface area contributed by atoms with Gasteiger partial charge in [-0.05, 0) is 40.2 Å². The third-order valence-corrected chi connectivity index (χ3v) is 3.51. The molecule has 0 spiro atoms. The largest absolute Gasteiger partial charge is 0.395 e. The molecule has 0 bridgehead atoms. The number of nitrogens with one attached hydrogen (secondary N) is 1. The van der Waals surface area contributed by atoms with Crippen molar-refractivity contribution in [2.24, 2.45) is 0 Å². The van der Waals surface area contributed by atoms with E-state index in [1.54, 1.807) is 18.2 Å². The number of hydrogen-bond donors (Lipinski definition) is 2. The van der Waals surface area contributed by atoms with Crippen molar-refractivity contribution in [1.29, 1.82) is 0 Å². The molecule has 0 aliphatic rings. The fraction of sp³-hybridized carbons (Fsp3) is 0. The zero-order valence-corrected chi connectivity index (χ0v) is 11.3. The van der Waals surface area contributed by atoms with Crippen LogP contribution in [0.4, 0.5) is 25.8 Å². The van der Waals surface area contributed by atoms with Gasteiger partial charge in [0.25, 0.3) is 0 Å². The summed E-state index contributed by atoms with van der Waals surface area (Å²) in [6.07, 6.45) is 0. The summed E-state index contributed by atoms with van der Waals surface area (Å²) >= 11 is 9.10. The Bertz CT molecular complexity index is 605. The van der Waals surface area contributed by atoms with Gasteiger partial charge < -0.3 is 11.1 Å². The summed E-state index contributed by atoms with van der Waals surface area (Å²) in [4.78, 5) is 0. The molecule has 18 heavy (non-hydrogen) atoms. The second kappa shape index (κ2) is 5.12. The molecule has 2 aromatic rings. The van der Waals surface area contributed by atoms with Crippen LogP contribution in [0.3, 0.4) is 0 Å². The molecule has 0 amide bonds. The molecular weight excluding hydrogens is 325 g/mol. The van der Waals surface area contributed by atoms with E-state index < -0.39 is 11.6 Å². The topological polar surface area (TPSA) is 38.0 Å². The highest BCUT2D eigenvalue weighted by Gasteiger charge is 2.09. The average Bonchev–Trinajstić information content (AvgIpc) is 2.30. The van der Waals surface area contributed by atoms with Crippen molar-refractivity contribution in [2.75, 3.05) is 11.1 Å². The molecule has 3 N–H and O–H groups in total. The maximum atomic E-state index is 13.3. The molecule has 6 heteroatoms. The lowest BCUT2D eigenvalue weighted by atomic mass is 10.2. The van der Waals surface area contributed by atoms with Crippen LogP contribution in [0.2, 0.25) is 5.02 Å². The molecule has 0 atom stereocenters. The van der Waals surface area contributed by atoms with E-state index in [1.165, 1.54) is 0 Å². The first kappa shape index (κ1) is 13.1. The standard InChI is InChI=1S/C12H8BrClF2N2/c13-8-5-7(1-2-9(8)14)18-11-4-6(15)3-10(16)12(11)17/h1-5,18H,17H2. The number of benzene rings is 2. The van der Waals surface area contributed by atoms with E-state index in [2.05, 4.69) is 21.2 Å². The highest BCUT2D eigenvalue weighted by Crippen LogP contribution is 2.30. The quantitative estimate of drug-likeness (QED) is 0.781. The van der Waals surface area contributed by atoms with E-state index in [-0.39, 0.29) is 11.4 Å². The second-order valence-electron chi connectivity index (χ2n) is 3.60. The van der Waals surface area contributed by atoms with Crippen molar-refractivity contribution in [2.45, 2.75) is 0 Å². The first-order chi connectivity index (χ1) is 8.47. The lowest BCUT2D eigenvalue weighted by molar-refractivity contribution is 0.587. The third kappa shape index (κ3) is 2.73. The molecule has 0 unspecified atom stereocenters. The molecule has 0 fully saturated rings. The Labute approximate surface area is 116 Å². The van der Waals surface area contributed by atoms with Crippen LogP contribution in [-0.2, 0) is 0 Å². The number of nitrogen functional groups attached to an aromatic ring is 1. The minimum atomic E-state index is -0.800. The molecule has 0 aromatic heterocycles. The van der Waals surface area contributed by atoms with Crippen LogP contribution < -0.4 is 11.1 Å². The fourth-order valence-electron chi connectivity index (χ4n) is 1.42. The number of anilines is 3. The summed E-state index contributed by atoms with van der Waals surface area (Å²) in [5.74, 6) is -1.50. The lowest BCUT2D eigenvalue weighted by Crippen LogP contribution is -2.00. The normalized spacial score (nSPS) is 10.4. The van der Waals surface area contributed by atoms with Crippen LogP contribution in [-0.4, -0.2) is 0 Å². The monoisotopic (exact) mass is 332 g/mol. The Morgan fingerprint density at radius 1 is 1.17 bits per heavy atom. The summed E-state index contributed by atoms with van der Waals surface area (Å²) in [6, 6.07) is 6.87. The van der Waals surface area contributed by atoms with Crippen LogP contribution >= 0.6 is 27.5 Å². The predicted octanol–water partition coefficient (Wildman–Crippen LogP) is 4.71. The molecule has 2 aromatic carbocycles. The summed E-state index contributed by atoms with van der Waals surface area (Å²) in [5, 5.41) is 3.37. The van der Waals surface area contributed by atoms with Gasteiger partial charge in [-0.3, -0.25) is 0 Å². The first-order valence-electron chi connectivity index (χ1n) is 4.94. The van der Waals surface area contributed by atoms with E-state index >= 15 is 0 Å². The van der Waals surface area contributed by atoms with Gasteiger partial charge in [-0.2, -0.15) is 0 Å². The van der Waals surface area contributed by atoms with Crippen LogP contribution in [0, 0.1) is 11.6 Å². The van der Waals surface area contributed by atoms with E-state index in [0.29, 0.717) is 15.2 Å². The Hall–Kier alpha value is -1.33. The van der Waals surface area contributed by atoms with Crippen LogP contribution in [0.15, 0.2) is 34.8 Å². The van der Waals surface area contributed by atoms with Gasteiger partial charge in [0.15, 0.2) is 5.82 Å². The van der Waals surface area contributed by atoms with Crippen molar-refractivity contribution in [3.8, 4) is 0 Å². The van der Waals surface area contributed by atoms with E-state index in [0.717, 1.165) is 12.1 Å². The van der Waals surface area contributed by atoms with Crippen molar-refractivity contribution in [3.05, 3.63) is 51.5 Å². The summed E-state index contributed by atoms with van der Waals surface area (Å²) in [7, 11) is 0. The molecule has 0 aliphatic heterocycles. The van der Waals surface area contributed by atoms with Crippen molar-refractivity contribution >= 4 is 44.6 Å². The summed E-state index contributed by atoms with van der Waals surface area (Å²) in [5.41, 5.74) is 6.17. The van der Waals surface area contributed by atoms with Gasteiger partial charge in [-0.1, -0.05) is 11.6 Å². The Morgan fingerprint density at radius 3 is 2.56 bits per heavy atom. The van der Waals surface area contributed by atoms with Crippen molar-refractivity contribution < 1.29 is 8.78 Å². The van der Waals surface area contributed by atoms with Crippen LogP contribution in [0.25, 0.3) is 0 Å². The molecule has 2 nitrogen and oxygen atoms in total. The summed E-state index contributed by atoms with van der Waals surface area (Å²) in [6.45, 7) is 0. The molecule has 0 saturated carbocycles. The van der Waals surface area contributed by atoms with Gasteiger partial charge >= 0.3 is 0 Å². The number of rotatable bonds is 2. The molecule has 94 valence electrons.